The smallest absolute Gasteiger partial charge is 0.192 e. The molecule has 2 aromatic rings. The van der Waals surface area contributed by atoms with Crippen molar-refractivity contribution in [2.45, 2.75) is 58.4 Å². The van der Waals surface area contributed by atoms with Gasteiger partial charge in [0.25, 0.3) is 0 Å². The third-order valence-corrected chi connectivity index (χ3v) is 12.0. The Morgan fingerprint density at radius 1 is 1.14 bits per heavy atom. The molecule has 0 spiro atoms. The molecule has 1 unspecified atom stereocenters. The molecular weight excluding hydrogens is 448 g/mol. The Bertz CT molecular complexity index is 1100. The molecular formula is C29H42N4OSi. The highest BCUT2D eigenvalue weighted by atomic mass is 28.4. The van der Waals surface area contributed by atoms with Crippen LogP contribution in [0.3, 0.4) is 0 Å². The number of aliphatic imine (C=N–C) groups is 1. The van der Waals surface area contributed by atoms with Crippen molar-refractivity contribution in [1.82, 2.24) is 4.90 Å². The third-order valence-electron chi connectivity index (χ3n) is 7.45. The van der Waals surface area contributed by atoms with E-state index in [9.17, 15) is 0 Å². The zero-order chi connectivity index (χ0) is 26.0. The van der Waals surface area contributed by atoms with Crippen molar-refractivity contribution in [3.8, 4) is 11.1 Å². The highest BCUT2D eigenvalue weighted by Gasteiger charge is 2.41. The summed E-state index contributed by atoms with van der Waals surface area (Å²) in [7, 11) is 2.24. The van der Waals surface area contributed by atoms with E-state index >= 15 is 0 Å². The lowest BCUT2D eigenvalue weighted by Gasteiger charge is -2.38. The Balaban J connectivity index is 1.84. The first kappa shape index (κ1) is 26.9. The van der Waals surface area contributed by atoms with Gasteiger partial charge in [-0.05, 0) is 73.6 Å². The maximum absolute atomic E-state index is 9.09. The van der Waals surface area contributed by atoms with E-state index in [-0.39, 0.29) is 11.1 Å². The van der Waals surface area contributed by atoms with E-state index in [4.69, 9.17) is 9.84 Å². The van der Waals surface area contributed by atoms with E-state index in [0.717, 1.165) is 53.1 Å². The lowest BCUT2D eigenvalue weighted by molar-refractivity contribution is 0.193. The fraction of sp³-hybridized carbons (Fsp3) is 0.448. The van der Waals surface area contributed by atoms with E-state index in [2.05, 4.69) is 91.8 Å². The average molecular weight is 491 g/mol. The number of likely N-dealkylation sites (tertiary alicyclic amines) is 1. The molecule has 6 heteroatoms. The highest BCUT2D eigenvalue weighted by Crippen LogP contribution is 2.39. The molecule has 1 heterocycles. The summed E-state index contributed by atoms with van der Waals surface area (Å²) in [6, 6.07) is 14.7. The minimum atomic E-state index is -1.84. The van der Waals surface area contributed by atoms with Crippen LogP contribution in [0.2, 0.25) is 18.1 Å². The predicted octanol–water partition coefficient (Wildman–Crippen LogP) is 7.23. The molecule has 0 radical (unpaired) electrons. The zero-order valence-corrected chi connectivity index (χ0v) is 23.8. The van der Waals surface area contributed by atoms with Crippen molar-refractivity contribution in [3.63, 3.8) is 0 Å². The second kappa shape index (κ2) is 10.5. The van der Waals surface area contributed by atoms with Gasteiger partial charge in [0.15, 0.2) is 8.32 Å². The van der Waals surface area contributed by atoms with Crippen LogP contribution >= 0.6 is 0 Å². The zero-order valence-electron chi connectivity index (χ0n) is 22.8. The van der Waals surface area contributed by atoms with Crippen molar-refractivity contribution in [2.75, 3.05) is 32.1 Å². The Morgan fingerprint density at radius 2 is 1.77 bits per heavy atom. The van der Waals surface area contributed by atoms with Crippen LogP contribution in [0, 0.1) is 5.41 Å². The molecule has 0 aliphatic carbocycles. The molecule has 3 rings (SSSR count). The molecule has 5 nitrogen and oxygen atoms in total. The van der Waals surface area contributed by atoms with E-state index in [1.807, 2.05) is 33.2 Å². The van der Waals surface area contributed by atoms with Gasteiger partial charge in [-0.15, -0.1) is 0 Å². The highest BCUT2D eigenvalue weighted by molar-refractivity contribution is 6.74. The topological polar surface area (TPSA) is 51.9 Å². The molecule has 1 fully saturated rings. The van der Waals surface area contributed by atoms with Gasteiger partial charge in [-0.25, -0.2) is 0 Å². The SMILES string of the molecule is C=Nc1ccc(-c2ccc(N(C)C)cc2)cc1/C(=C\C)C(=N)N1CCC(O[Si](C)(C)C(C)(C)C)C1. The van der Waals surface area contributed by atoms with Crippen molar-refractivity contribution in [2.24, 2.45) is 4.99 Å². The average Bonchev–Trinajstić information content (AvgIpc) is 3.26. The number of hydrogen-bond donors (Lipinski definition) is 1. The summed E-state index contributed by atoms with van der Waals surface area (Å²) in [4.78, 5) is 8.53. The fourth-order valence-corrected chi connectivity index (χ4v) is 5.61. The summed E-state index contributed by atoms with van der Waals surface area (Å²) < 4.78 is 6.66. The summed E-state index contributed by atoms with van der Waals surface area (Å²) in [6.45, 7) is 18.8. The number of allylic oxidation sites excluding steroid dienone is 1. The Morgan fingerprint density at radius 3 is 2.31 bits per heavy atom. The second-order valence-electron chi connectivity index (χ2n) is 11.1. The second-order valence-corrected chi connectivity index (χ2v) is 15.9. The van der Waals surface area contributed by atoms with Crippen LogP contribution < -0.4 is 4.90 Å². The summed E-state index contributed by atoms with van der Waals surface area (Å²) >= 11 is 0. The summed E-state index contributed by atoms with van der Waals surface area (Å²) in [5.41, 5.74) is 6.02. The predicted molar refractivity (Wildman–Crippen MR) is 155 cm³/mol. The Hall–Kier alpha value is -2.70. The molecule has 1 aliphatic heterocycles. The number of amidine groups is 1. The largest absolute Gasteiger partial charge is 0.412 e. The molecule has 0 amide bonds. The van der Waals surface area contributed by atoms with E-state index in [1.165, 1.54) is 0 Å². The van der Waals surface area contributed by atoms with Crippen LogP contribution in [0.1, 0.15) is 39.7 Å². The van der Waals surface area contributed by atoms with E-state index in [0.29, 0.717) is 5.84 Å². The lowest BCUT2D eigenvalue weighted by atomic mass is 9.96. The number of anilines is 1. The van der Waals surface area contributed by atoms with Gasteiger partial charge in [-0.3, -0.25) is 10.4 Å². The van der Waals surface area contributed by atoms with E-state index < -0.39 is 8.32 Å². The first-order valence-electron chi connectivity index (χ1n) is 12.4. The van der Waals surface area contributed by atoms with Crippen molar-refractivity contribution in [3.05, 3.63) is 54.1 Å². The first-order valence-corrected chi connectivity index (χ1v) is 15.4. The summed E-state index contributed by atoms with van der Waals surface area (Å²) in [5.74, 6) is 0.527. The van der Waals surface area contributed by atoms with Gasteiger partial charge in [0.2, 0.25) is 0 Å². The fourth-order valence-electron chi connectivity index (χ4n) is 4.23. The molecule has 0 aromatic heterocycles. The van der Waals surface area contributed by atoms with E-state index in [1.54, 1.807) is 0 Å². The van der Waals surface area contributed by atoms with Crippen LogP contribution in [-0.4, -0.2) is 59.1 Å². The minimum absolute atomic E-state index is 0.174. The van der Waals surface area contributed by atoms with Gasteiger partial charge in [0.1, 0.15) is 5.84 Å². The standard InChI is InChI=1S/C29H42N4OSi/c1-10-25(28(30)33-18-17-24(20-33)34-35(8,9)29(2,3)4)26-19-22(13-16-27(26)31-5)21-11-14-23(15-12-21)32(6)7/h10-16,19,24,30H,5,17-18,20H2,1-4,6-9H3/b25-10+,30-28?. The third kappa shape index (κ3) is 5.93. The number of nitrogens with zero attached hydrogens (tertiary/aromatic N) is 3. The van der Waals surface area contributed by atoms with Crippen molar-refractivity contribution in [1.29, 1.82) is 5.41 Å². The van der Waals surface area contributed by atoms with Gasteiger partial charge in [-0.1, -0.05) is 45.0 Å². The normalized spacial score (nSPS) is 17.0. The molecule has 35 heavy (non-hydrogen) atoms. The van der Waals surface area contributed by atoms with Crippen LogP contribution in [-0.2, 0) is 4.43 Å². The molecule has 1 saturated heterocycles. The summed E-state index contributed by atoms with van der Waals surface area (Å²) in [5, 5.41) is 9.27. The maximum atomic E-state index is 9.09. The van der Waals surface area contributed by atoms with Crippen molar-refractivity contribution < 1.29 is 4.43 Å². The maximum Gasteiger partial charge on any atom is 0.192 e. The molecule has 0 saturated carbocycles. The molecule has 1 N–H and O–H groups in total. The van der Waals surface area contributed by atoms with Gasteiger partial charge >= 0.3 is 0 Å². The Kier molecular flexibility index (Phi) is 8.07. The van der Waals surface area contributed by atoms with Gasteiger partial charge in [0, 0.05) is 44.0 Å². The first-order chi connectivity index (χ1) is 16.4. The van der Waals surface area contributed by atoms with Gasteiger partial charge < -0.3 is 14.2 Å². The number of benzene rings is 2. The monoisotopic (exact) mass is 490 g/mol. The molecule has 1 aliphatic rings. The molecule has 2 aromatic carbocycles. The van der Waals surface area contributed by atoms with Gasteiger partial charge in [-0.2, -0.15) is 0 Å². The Labute approximate surface area is 213 Å². The molecule has 1 atom stereocenters. The van der Waals surface area contributed by atoms with Crippen LogP contribution in [0.15, 0.2) is 53.5 Å². The molecule has 0 bridgehead atoms. The quantitative estimate of drug-likeness (QED) is 0.253. The lowest BCUT2D eigenvalue weighted by Crippen LogP contribution is -2.44. The number of nitrogens with one attached hydrogen (secondary N) is 1. The number of hydrogen-bond acceptors (Lipinski definition) is 4. The summed E-state index contributed by atoms with van der Waals surface area (Å²) in [6.07, 6.45) is 3.15. The molecule has 188 valence electrons. The van der Waals surface area contributed by atoms with Crippen LogP contribution in [0.4, 0.5) is 11.4 Å². The minimum Gasteiger partial charge on any atom is -0.412 e. The van der Waals surface area contributed by atoms with Gasteiger partial charge in [0.05, 0.1) is 11.8 Å². The van der Waals surface area contributed by atoms with Crippen molar-refractivity contribution >= 4 is 37.8 Å². The van der Waals surface area contributed by atoms with Crippen LogP contribution in [0.5, 0.6) is 0 Å². The number of rotatable bonds is 7. The van der Waals surface area contributed by atoms with Crippen LogP contribution in [0.25, 0.3) is 16.7 Å².